The fraction of sp³-hybridized carbons (Fsp3) is 0.333. The molecule has 0 saturated carbocycles. The number of aryl methyl sites for hydroxylation is 1. The van der Waals surface area contributed by atoms with E-state index in [9.17, 15) is 4.39 Å². The Bertz CT molecular complexity index is 519. The van der Waals surface area contributed by atoms with Gasteiger partial charge in [0.05, 0.1) is 5.02 Å². The van der Waals surface area contributed by atoms with Gasteiger partial charge in [-0.2, -0.15) is 0 Å². The summed E-state index contributed by atoms with van der Waals surface area (Å²) in [5.74, 6) is -0.374. The summed E-state index contributed by atoms with van der Waals surface area (Å²) in [4.78, 5) is 0. The lowest BCUT2D eigenvalue weighted by Crippen LogP contribution is -2.02. The van der Waals surface area contributed by atoms with Crippen LogP contribution < -0.4 is 5.73 Å². The molecule has 1 aromatic heterocycles. The Labute approximate surface area is 98.8 Å². The van der Waals surface area contributed by atoms with Gasteiger partial charge in [-0.3, -0.25) is 0 Å². The highest BCUT2D eigenvalue weighted by Crippen LogP contribution is 2.27. The highest BCUT2D eigenvalue weighted by Gasteiger charge is 2.10. The molecule has 86 valence electrons. The normalized spacial score (nSPS) is 11.2. The van der Waals surface area contributed by atoms with Gasteiger partial charge in [-0.15, -0.1) is 0 Å². The Morgan fingerprint density at radius 3 is 2.81 bits per heavy atom. The van der Waals surface area contributed by atoms with Crippen LogP contribution in [0.1, 0.15) is 12.5 Å². The molecular formula is C12H14ClFN2. The van der Waals surface area contributed by atoms with E-state index in [4.69, 9.17) is 17.3 Å². The van der Waals surface area contributed by atoms with Gasteiger partial charge in [0.15, 0.2) is 0 Å². The van der Waals surface area contributed by atoms with Crippen LogP contribution in [0, 0.1) is 5.82 Å². The quantitative estimate of drug-likeness (QED) is 0.879. The van der Waals surface area contributed by atoms with E-state index in [1.807, 2.05) is 13.1 Å². The van der Waals surface area contributed by atoms with E-state index in [1.165, 1.54) is 6.07 Å². The van der Waals surface area contributed by atoms with Crippen LogP contribution in [0.4, 0.5) is 4.39 Å². The summed E-state index contributed by atoms with van der Waals surface area (Å²) in [5, 5.41) is 1.08. The first-order valence-corrected chi connectivity index (χ1v) is 5.72. The van der Waals surface area contributed by atoms with Crippen molar-refractivity contribution < 1.29 is 4.39 Å². The largest absolute Gasteiger partial charge is 0.347 e. The summed E-state index contributed by atoms with van der Waals surface area (Å²) >= 11 is 5.79. The lowest BCUT2D eigenvalue weighted by atomic mass is 10.1. The van der Waals surface area contributed by atoms with Crippen LogP contribution in [-0.2, 0) is 13.0 Å². The van der Waals surface area contributed by atoms with Gasteiger partial charge < -0.3 is 10.3 Å². The second-order valence-corrected chi connectivity index (χ2v) is 4.17. The van der Waals surface area contributed by atoms with Crippen molar-refractivity contribution in [1.29, 1.82) is 0 Å². The van der Waals surface area contributed by atoms with E-state index in [-0.39, 0.29) is 10.8 Å². The summed E-state index contributed by atoms with van der Waals surface area (Å²) in [5.41, 5.74) is 7.59. The summed E-state index contributed by atoms with van der Waals surface area (Å²) < 4.78 is 15.5. The van der Waals surface area contributed by atoms with Gasteiger partial charge in [0.25, 0.3) is 0 Å². The molecule has 1 aromatic carbocycles. The molecule has 0 fully saturated rings. The Morgan fingerprint density at radius 2 is 2.19 bits per heavy atom. The molecule has 2 nitrogen and oxygen atoms in total. The number of nitrogens with zero attached hydrogens (tertiary/aromatic N) is 1. The molecule has 1 heterocycles. The van der Waals surface area contributed by atoms with Gasteiger partial charge in [-0.25, -0.2) is 4.39 Å². The molecule has 0 aliphatic rings. The van der Waals surface area contributed by atoms with Gasteiger partial charge in [-0.1, -0.05) is 11.6 Å². The first-order valence-electron chi connectivity index (χ1n) is 5.34. The molecule has 0 saturated heterocycles. The van der Waals surface area contributed by atoms with Crippen LogP contribution in [0.15, 0.2) is 18.3 Å². The molecule has 16 heavy (non-hydrogen) atoms. The third-order valence-corrected chi connectivity index (χ3v) is 3.05. The maximum Gasteiger partial charge on any atom is 0.142 e. The van der Waals surface area contributed by atoms with E-state index in [1.54, 1.807) is 6.07 Å². The number of rotatable bonds is 3. The molecule has 4 heteroatoms. The number of fused-ring (bicyclic) bond motifs is 1. The Kier molecular flexibility index (Phi) is 3.17. The van der Waals surface area contributed by atoms with E-state index < -0.39 is 0 Å². The van der Waals surface area contributed by atoms with Gasteiger partial charge in [-0.05, 0) is 37.6 Å². The van der Waals surface area contributed by atoms with Gasteiger partial charge in [0.1, 0.15) is 5.82 Å². The number of benzene rings is 1. The fourth-order valence-corrected chi connectivity index (χ4v) is 2.13. The van der Waals surface area contributed by atoms with E-state index >= 15 is 0 Å². The Hall–Kier alpha value is -1.06. The molecule has 0 unspecified atom stereocenters. The van der Waals surface area contributed by atoms with Crippen LogP contribution in [0.3, 0.4) is 0 Å². The maximum absolute atomic E-state index is 13.4. The molecule has 0 aliphatic heterocycles. The van der Waals surface area contributed by atoms with Crippen molar-refractivity contribution in [3.63, 3.8) is 0 Å². The zero-order valence-corrected chi connectivity index (χ0v) is 9.89. The van der Waals surface area contributed by atoms with Crippen LogP contribution in [0.2, 0.25) is 5.02 Å². The molecule has 2 rings (SSSR count). The Balaban J connectivity index is 2.69. The van der Waals surface area contributed by atoms with Crippen molar-refractivity contribution in [2.45, 2.75) is 19.9 Å². The third kappa shape index (κ3) is 1.81. The lowest BCUT2D eigenvalue weighted by Gasteiger charge is -2.01. The standard InChI is InChI=1S/C12H14ClFN2/c1-2-16-7-8(3-4-15)9-5-11(14)10(13)6-12(9)16/h5-7H,2-4,15H2,1H3. The summed E-state index contributed by atoms with van der Waals surface area (Å²) in [6.45, 7) is 3.44. The van der Waals surface area contributed by atoms with Crippen molar-refractivity contribution in [3.05, 3.63) is 34.7 Å². The predicted molar refractivity (Wildman–Crippen MR) is 65.3 cm³/mol. The SMILES string of the molecule is CCn1cc(CCN)c2cc(F)c(Cl)cc21. The second kappa shape index (κ2) is 4.44. The number of hydrogen-bond donors (Lipinski definition) is 1. The maximum atomic E-state index is 13.4. The highest BCUT2D eigenvalue weighted by atomic mass is 35.5. The second-order valence-electron chi connectivity index (χ2n) is 3.76. The van der Waals surface area contributed by atoms with Crippen LogP contribution >= 0.6 is 11.6 Å². The minimum Gasteiger partial charge on any atom is -0.347 e. The molecule has 0 atom stereocenters. The fourth-order valence-electron chi connectivity index (χ4n) is 1.97. The molecule has 2 N–H and O–H groups in total. The van der Waals surface area contributed by atoms with E-state index in [0.717, 1.165) is 29.4 Å². The summed E-state index contributed by atoms with van der Waals surface area (Å²) in [6.07, 6.45) is 2.78. The molecule has 0 bridgehead atoms. The number of hydrogen-bond acceptors (Lipinski definition) is 1. The average molecular weight is 241 g/mol. The third-order valence-electron chi connectivity index (χ3n) is 2.76. The average Bonchev–Trinajstić information content (AvgIpc) is 2.58. The van der Waals surface area contributed by atoms with Gasteiger partial charge in [0, 0.05) is 23.6 Å². The predicted octanol–water partition coefficient (Wildman–Crippen LogP) is 2.95. The molecular weight excluding hydrogens is 227 g/mol. The molecule has 0 amide bonds. The van der Waals surface area contributed by atoms with Crippen LogP contribution in [0.5, 0.6) is 0 Å². The van der Waals surface area contributed by atoms with Crippen molar-refractivity contribution in [2.24, 2.45) is 5.73 Å². The first kappa shape index (κ1) is 11.4. The smallest absolute Gasteiger partial charge is 0.142 e. The minimum absolute atomic E-state index is 0.166. The summed E-state index contributed by atoms with van der Waals surface area (Å²) in [6, 6.07) is 3.17. The van der Waals surface area contributed by atoms with Gasteiger partial charge in [0.2, 0.25) is 0 Å². The van der Waals surface area contributed by atoms with Crippen molar-refractivity contribution >= 4 is 22.5 Å². The minimum atomic E-state index is -0.374. The van der Waals surface area contributed by atoms with Gasteiger partial charge >= 0.3 is 0 Å². The van der Waals surface area contributed by atoms with Crippen molar-refractivity contribution in [2.75, 3.05) is 6.54 Å². The zero-order chi connectivity index (χ0) is 11.7. The Morgan fingerprint density at radius 1 is 1.44 bits per heavy atom. The van der Waals surface area contributed by atoms with Crippen LogP contribution in [-0.4, -0.2) is 11.1 Å². The number of halogens is 2. The molecule has 2 aromatic rings. The van der Waals surface area contributed by atoms with Crippen molar-refractivity contribution in [3.8, 4) is 0 Å². The lowest BCUT2D eigenvalue weighted by molar-refractivity contribution is 0.630. The monoisotopic (exact) mass is 240 g/mol. The molecule has 0 radical (unpaired) electrons. The van der Waals surface area contributed by atoms with E-state index in [0.29, 0.717) is 6.54 Å². The molecule has 0 spiro atoms. The number of nitrogens with two attached hydrogens (primary N) is 1. The van der Waals surface area contributed by atoms with E-state index in [2.05, 4.69) is 4.57 Å². The summed E-state index contributed by atoms with van der Waals surface area (Å²) in [7, 11) is 0. The topological polar surface area (TPSA) is 30.9 Å². The van der Waals surface area contributed by atoms with Crippen molar-refractivity contribution in [1.82, 2.24) is 4.57 Å². The molecule has 0 aliphatic carbocycles. The number of aromatic nitrogens is 1. The highest BCUT2D eigenvalue weighted by molar-refractivity contribution is 6.31. The first-order chi connectivity index (χ1) is 7.67. The van der Waals surface area contributed by atoms with Crippen LogP contribution in [0.25, 0.3) is 10.9 Å². The zero-order valence-electron chi connectivity index (χ0n) is 9.13.